The zero-order valence-electron chi connectivity index (χ0n) is 34.4. The number of carbonyl (C=O) groups is 2. The fraction of sp³-hybridized carbons (Fsp3) is 0.767. The van der Waals surface area contributed by atoms with Crippen molar-refractivity contribution in [3.8, 4) is 0 Å². The molecule has 0 aromatic rings. The van der Waals surface area contributed by atoms with E-state index >= 15 is 0 Å². The molecule has 308 valence electrons. The van der Waals surface area contributed by atoms with Crippen LogP contribution in [-0.4, -0.2) is 70.0 Å². The Morgan fingerprint density at radius 1 is 0.604 bits per heavy atom. The lowest BCUT2D eigenvalue weighted by Crippen LogP contribution is -2.37. The Morgan fingerprint density at radius 2 is 1.08 bits per heavy atom. The molecule has 2 atom stereocenters. The van der Waals surface area contributed by atoms with E-state index in [-0.39, 0.29) is 26.1 Å². The van der Waals surface area contributed by atoms with Gasteiger partial charge >= 0.3 is 11.9 Å². The Balaban J connectivity index is 4.44. The second-order valence-corrected chi connectivity index (χ2v) is 16.4. The molecule has 0 aromatic carbocycles. The van der Waals surface area contributed by atoms with Crippen LogP contribution in [0.25, 0.3) is 0 Å². The molecule has 0 saturated carbocycles. The molecule has 0 aliphatic rings. The van der Waals surface area contributed by atoms with E-state index in [2.05, 4.69) is 62.5 Å². The molecule has 9 nitrogen and oxygen atoms in total. The van der Waals surface area contributed by atoms with Crippen molar-refractivity contribution in [2.24, 2.45) is 0 Å². The third-order valence-electron chi connectivity index (χ3n) is 8.58. The molecule has 0 heterocycles. The number of allylic oxidation sites excluding steroid dienone is 8. The first-order valence-electron chi connectivity index (χ1n) is 20.8. The Labute approximate surface area is 324 Å². The van der Waals surface area contributed by atoms with Crippen molar-refractivity contribution in [2.75, 3.05) is 47.5 Å². The number of unbranched alkanes of at least 4 members (excludes halogenated alkanes) is 15. The van der Waals surface area contributed by atoms with Crippen molar-refractivity contribution >= 4 is 19.8 Å². The molecule has 0 amide bonds. The number of rotatable bonds is 37. The average Bonchev–Trinajstić information content (AvgIpc) is 3.10. The topological polar surface area (TPSA) is 111 Å². The summed E-state index contributed by atoms with van der Waals surface area (Å²) in [6.07, 6.45) is 39.9. The standard InChI is InChI=1S/C43H78NO8P/c1-6-8-10-12-14-16-18-20-22-24-25-27-29-31-33-35-42(45)49-39-41(40-51-53(47,48)50-38-37-44(3,4)5)52-43(46)36-34-32-30-28-26-23-21-19-17-15-13-11-9-7-2/h8,10,14,16,19-22,41H,6-7,9,11-13,15,17-18,23-40H2,1-5H3/b10-8+,16-14+,21-19+,22-20+/t41-/m1/s1. The highest BCUT2D eigenvalue weighted by atomic mass is 31.2. The third kappa shape index (κ3) is 39.5. The SMILES string of the molecule is CC/C=C/C/C=C/C/C=C/CCCCCCCC(=O)OC[C@H](COP(=O)([O-])OCC[N+](C)(C)C)OC(=O)CCCCCCC/C=C/CCCCCCC. The van der Waals surface area contributed by atoms with Gasteiger partial charge < -0.3 is 27.9 Å². The van der Waals surface area contributed by atoms with Crippen molar-refractivity contribution in [3.63, 3.8) is 0 Å². The molecule has 0 saturated heterocycles. The van der Waals surface area contributed by atoms with Crippen LogP contribution in [0, 0.1) is 0 Å². The number of phosphoric ester groups is 1. The third-order valence-corrected chi connectivity index (χ3v) is 9.55. The van der Waals surface area contributed by atoms with Crippen LogP contribution in [0.5, 0.6) is 0 Å². The highest BCUT2D eigenvalue weighted by Crippen LogP contribution is 2.38. The zero-order valence-corrected chi connectivity index (χ0v) is 35.3. The molecule has 0 bridgehead atoms. The number of carbonyl (C=O) groups excluding carboxylic acids is 2. The lowest BCUT2D eigenvalue weighted by atomic mass is 10.1. The molecule has 0 N–H and O–H groups in total. The van der Waals surface area contributed by atoms with Crippen molar-refractivity contribution in [1.82, 2.24) is 0 Å². The summed E-state index contributed by atoms with van der Waals surface area (Å²) in [5.41, 5.74) is 0. The van der Waals surface area contributed by atoms with Gasteiger partial charge in [-0.3, -0.25) is 14.2 Å². The largest absolute Gasteiger partial charge is 0.756 e. The number of quaternary nitrogens is 1. The summed E-state index contributed by atoms with van der Waals surface area (Å²) in [6, 6.07) is 0. The first-order valence-corrected chi connectivity index (χ1v) is 22.3. The van der Waals surface area contributed by atoms with Crippen molar-refractivity contribution in [2.45, 2.75) is 168 Å². The smallest absolute Gasteiger partial charge is 0.306 e. The Hall–Kier alpha value is -2.03. The van der Waals surface area contributed by atoms with E-state index in [0.29, 0.717) is 23.9 Å². The van der Waals surface area contributed by atoms with Crippen LogP contribution in [-0.2, 0) is 32.7 Å². The van der Waals surface area contributed by atoms with Gasteiger partial charge in [0.2, 0.25) is 0 Å². The summed E-state index contributed by atoms with van der Waals surface area (Å²) in [7, 11) is 1.14. The van der Waals surface area contributed by atoms with Crippen LogP contribution in [0.3, 0.4) is 0 Å². The predicted molar refractivity (Wildman–Crippen MR) is 217 cm³/mol. The molecule has 0 aromatic heterocycles. The molecule has 53 heavy (non-hydrogen) atoms. The second kappa shape index (κ2) is 35.7. The van der Waals surface area contributed by atoms with Gasteiger partial charge in [0.1, 0.15) is 19.8 Å². The van der Waals surface area contributed by atoms with Gasteiger partial charge in [-0.2, -0.15) is 0 Å². The number of nitrogens with zero attached hydrogens (tertiary/aromatic N) is 1. The maximum absolute atomic E-state index is 12.6. The van der Waals surface area contributed by atoms with Crippen molar-refractivity contribution < 1.29 is 42.1 Å². The molecule has 0 rings (SSSR count). The van der Waals surface area contributed by atoms with Crippen LogP contribution in [0.15, 0.2) is 48.6 Å². The second-order valence-electron chi connectivity index (χ2n) is 15.0. The van der Waals surface area contributed by atoms with E-state index in [1.165, 1.54) is 38.5 Å². The van der Waals surface area contributed by atoms with E-state index in [0.717, 1.165) is 83.5 Å². The summed E-state index contributed by atoms with van der Waals surface area (Å²) < 4.78 is 33.8. The van der Waals surface area contributed by atoms with Gasteiger partial charge in [-0.15, -0.1) is 0 Å². The van der Waals surface area contributed by atoms with E-state index in [1.54, 1.807) is 0 Å². The first kappa shape index (κ1) is 51.0. The fourth-order valence-corrected chi connectivity index (χ4v) is 6.04. The van der Waals surface area contributed by atoms with E-state index in [1.807, 2.05) is 21.1 Å². The number of hydrogen-bond acceptors (Lipinski definition) is 8. The molecular weight excluding hydrogens is 689 g/mol. The van der Waals surface area contributed by atoms with E-state index < -0.39 is 32.5 Å². The van der Waals surface area contributed by atoms with Crippen LogP contribution in [0.2, 0.25) is 0 Å². The van der Waals surface area contributed by atoms with Crippen LogP contribution >= 0.6 is 7.82 Å². The van der Waals surface area contributed by atoms with Gasteiger partial charge in [-0.25, -0.2) is 0 Å². The average molecular weight is 768 g/mol. The van der Waals surface area contributed by atoms with Crippen molar-refractivity contribution in [1.29, 1.82) is 0 Å². The highest BCUT2D eigenvalue weighted by molar-refractivity contribution is 7.45. The quantitative estimate of drug-likeness (QED) is 0.0202. The van der Waals surface area contributed by atoms with Gasteiger partial charge in [0.05, 0.1) is 27.7 Å². The molecule has 0 fully saturated rings. The summed E-state index contributed by atoms with van der Waals surface area (Å²) >= 11 is 0. The number of likely N-dealkylation sites (N-methyl/N-ethyl adjacent to an activating group) is 1. The minimum absolute atomic E-state index is 0.0369. The summed E-state index contributed by atoms with van der Waals surface area (Å²) in [5, 5.41) is 0. The Bertz CT molecular complexity index is 1050. The van der Waals surface area contributed by atoms with Gasteiger partial charge in [-0.1, -0.05) is 127 Å². The fourth-order valence-electron chi connectivity index (χ4n) is 5.31. The minimum Gasteiger partial charge on any atom is -0.756 e. The van der Waals surface area contributed by atoms with Gasteiger partial charge in [0.25, 0.3) is 7.82 Å². The van der Waals surface area contributed by atoms with Crippen LogP contribution < -0.4 is 4.89 Å². The minimum atomic E-state index is -4.63. The molecule has 0 aliphatic heterocycles. The first-order chi connectivity index (χ1) is 25.5. The number of phosphoric acid groups is 1. The van der Waals surface area contributed by atoms with Gasteiger partial charge in [-0.05, 0) is 70.6 Å². The lowest BCUT2D eigenvalue weighted by molar-refractivity contribution is -0.870. The molecule has 10 heteroatoms. The van der Waals surface area contributed by atoms with Gasteiger partial charge in [0, 0.05) is 12.8 Å². The van der Waals surface area contributed by atoms with Crippen LogP contribution in [0.1, 0.15) is 162 Å². The lowest BCUT2D eigenvalue weighted by Gasteiger charge is -2.28. The Kier molecular flexibility index (Phi) is 34.3. The zero-order chi connectivity index (χ0) is 39.3. The highest BCUT2D eigenvalue weighted by Gasteiger charge is 2.21. The van der Waals surface area contributed by atoms with E-state index in [4.69, 9.17) is 18.5 Å². The normalized spacial score (nSPS) is 14.2. The maximum atomic E-state index is 12.6. The van der Waals surface area contributed by atoms with Gasteiger partial charge in [0.15, 0.2) is 6.10 Å². The monoisotopic (exact) mass is 768 g/mol. The Morgan fingerprint density at radius 3 is 1.62 bits per heavy atom. The summed E-state index contributed by atoms with van der Waals surface area (Å²) in [5.74, 6) is -0.868. The maximum Gasteiger partial charge on any atom is 0.306 e. The van der Waals surface area contributed by atoms with E-state index in [9.17, 15) is 19.0 Å². The molecule has 0 radical (unpaired) electrons. The number of esters is 2. The summed E-state index contributed by atoms with van der Waals surface area (Å²) in [4.78, 5) is 37.4. The summed E-state index contributed by atoms with van der Waals surface area (Å²) in [6.45, 7) is 4.06. The number of ether oxygens (including phenoxy) is 2. The predicted octanol–water partition coefficient (Wildman–Crippen LogP) is 10.9. The molecule has 0 aliphatic carbocycles. The molecule has 1 unspecified atom stereocenters. The van der Waals surface area contributed by atoms with Crippen LogP contribution in [0.4, 0.5) is 0 Å². The molecule has 0 spiro atoms. The number of hydrogen-bond donors (Lipinski definition) is 0. The molecular formula is C43H78NO8P. The van der Waals surface area contributed by atoms with Crippen molar-refractivity contribution in [3.05, 3.63) is 48.6 Å².